The van der Waals surface area contributed by atoms with Gasteiger partial charge < -0.3 is 15.6 Å². The molecule has 1 amide bonds. The summed E-state index contributed by atoms with van der Waals surface area (Å²) in [5.74, 6) is -0.969. The van der Waals surface area contributed by atoms with E-state index in [0.29, 0.717) is 21.8 Å². The molecular formula is C13H11NO4S. The molecule has 2 rings (SSSR count). The first-order valence-electron chi connectivity index (χ1n) is 5.34. The number of benzene rings is 1. The number of ether oxygens (including phenoxy) is 1. The summed E-state index contributed by atoms with van der Waals surface area (Å²) in [4.78, 5) is 23.0. The summed E-state index contributed by atoms with van der Waals surface area (Å²) in [5, 5.41) is 8.92. The molecule has 1 aromatic heterocycles. The Hall–Kier alpha value is -2.34. The average Bonchev–Trinajstić information content (AvgIpc) is 2.87. The summed E-state index contributed by atoms with van der Waals surface area (Å²) in [6.07, 6.45) is 0. The number of aromatic carboxylic acids is 1. The zero-order valence-electron chi connectivity index (χ0n) is 10.0. The third-order valence-electron chi connectivity index (χ3n) is 2.57. The van der Waals surface area contributed by atoms with Gasteiger partial charge in [0, 0.05) is 16.0 Å². The van der Waals surface area contributed by atoms with Gasteiger partial charge in [0.2, 0.25) is 5.91 Å². The second-order valence-electron chi connectivity index (χ2n) is 3.75. The molecule has 5 nitrogen and oxygen atoms in total. The second kappa shape index (κ2) is 5.11. The van der Waals surface area contributed by atoms with Crippen LogP contribution in [-0.2, 0) is 0 Å². The minimum absolute atomic E-state index is 0.224. The van der Waals surface area contributed by atoms with Crippen LogP contribution in [0, 0.1) is 0 Å². The predicted octanol–water partition coefficient (Wildman–Crippen LogP) is 2.22. The molecule has 0 bridgehead atoms. The zero-order valence-corrected chi connectivity index (χ0v) is 10.9. The van der Waals surface area contributed by atoms with Gasteiger partial charge in [0.1, 0.15) is 10.6 Å². The average molecular weight is 277 g/mol. The first-order chi connectivity index (χ1) is 9.02. The van der Waals surface area contributed by atoms with Crippen LogP contribution in [0.3, 0.4) is 0 Å². The lowest BCUT2D eigenvalue weighted by atomic mass is 10.1. The first-order valence-corrected chi connectivity index (χ1v) is 6.16. The number of carboxylic acids is 1. The molecule has 0 radical (unpaired) electrons. The van der Waals surface area contributed by atoms with Crippen molar-refractivity contribution in [2.24, 2.45) is 5.73 Å². The van der Waals surface area contributed by atoms with Crippen molar-refractivity contribution >= 4 is 23.2 Å². The van der Waals surface area contributed by atoms with E-state index in [1.807, 2.05) is 0 Å². The number of hydrogen-bond donors (Lipinski definition) is 2. The van der Waals surface area contributed by atoms with Crippen LogP contribution in [-0.4, -0.2) is 24.1 Å². The first kappa shape index (κ1) is 13.1. The smallest absolute Gasteiger partial charge is 0.345 e. The number of carboxylic acid groups (broad SMARTS) is 1. The Labute approximate surface area is 113 Å². The highest BCUT2D eigenvalue weighted by Crippen LogP contribution is 2.35. The van der Waals surface area contributed by atoms with Crippen LogP contribution in [0.1, 0.15) is 20.0 Å². The second-order valence-corrected chi connectivity index (χ2v) is 4.83. The Morgan fingerprint density at radius 3 is 2.53 bits per heavy atom. The van der Waals surface area contributed by atoms with E-state index < -0.39 is 11.9 Å². The van der Waals surface area contributed by atoms with Gasteiger partial charge in [0.25, 0.3) is 0 Å². The molecule has 0 aliphatic rings. The molecule has 1 aromatic carbocycles. The van der Waals surface area contributed by atoms with E-state index in [2.05, 4.69) is 0 Å². The number of rotatable bonds is 4. The van der Waals surface area contributed by atoms with Crippen molar-refractivity contribution in [2.45, 2.75) is 0 Å². The maximum Gasteiger partial charge on any atom is 0.345 e. The third-order valence-corrected chi connectivity index (χ3v) is 3.67. The van der Waals surface area contributed by atoms with Crippen LogP contribution in [0.2, 0.25) is 0 Å². The van der Waals surface area contributed by atoms with Gasteiger partial charge in [0.15, 0.2) is 0 Å². The van der Waals surface area contributed by atoms with Crippen LogP contribution in [0.5, 0.6) is 5.75 Å². The number of carbonyl (C=O) groups excluding carboxylic acids is 1. The fourth-order valence-corrected chi connectivity index (χ4v) is 2.52. The van der Waals surface area contributed by atoms with Gasteiger partial charge in [-0.15, -0.1) is 11.3 Å². The highest BCUT2D eigenvalue weighted by molar-refractivity contribution is 7.17. The molecule has 1 heterocycles. The van der Waals surface area contributed by atoms with E-state index in [-0.39, 0.29) is 4.88 Å². The van der Waals surface area contributed by atoms with Gasteiger partial charge in [-0.3, -0.25) is 4.79 Å². The van der Waals surface area contributed by atoms with Crippen molar-refractivity contribution in [3.05, 3.63) is 40.8 Å². The molecule has 0 spiro atoms. The number of methoxy groups -OCH3 is 1. The molecular weight excluding hydrogens is 266 g/mol. The van der Waals surface area contributed by atoms with E-state index in [1.165, 1.54) is 13.2 Å². The van der Waals surface area contributed by atoms with Crippen LogP contribution in [0.25, 0.3) is 10.4 Å². The molecule has 98 valence electrons. The molecule has 0 atom stereocenters. The Balaban J connectivity index is 2.54. The predicted molar refractivity (Wildman–Crippen MR) is 71.8 cm³/mol. The highest BCUT2D eigenvalue weighted by Gasteiger charge is 2.14. The maximum absolute atomic E-state index is 11.2. The summed E-state index contributed by atoms with van der Waals surface area (Å²) in [6.45, 7) is 0. The number of thiophene rings is 1. The van der Waals surface area contributed by atoms with Gasteiger partial charge >= 0.3 is 5.97 Å². The lowest BCUT2D eigenvalue weighted by Gasteiger charge is -2.07. The molecule has 3 N–H and O–H groups in total. The van der Waals surface area contributed by atoms with Crippen molar-refractivity contribution in [3.63, 3.8) is 0 Å². The van der Waals surface area contributed by atoms with Gasteiger partial charge in [0.05, 0.1) is 7.11 Å². The minimum Gasteiger partial charge on any atom is -0.496 e. The Morgan fingerprint density at radius 1 is 1.26 bits per heavy atom. The van der Waals surface area contributed by atoms with Crippen molar-refractivity contribution in [1.29, 1.82) is 0 Å². The topological polar surface area (TPSA) is 89.6 Å². The van der Waals surface area contributed by atoms with Crippen LogP contribution < -0.4 is 10.5 Å². The molecule has 19 heavy (non-hydrogen) atoms. The van der Waals surface area contributed by atoms with Crippen LogP contribution >= 0.6 is 11.3 Å². The minimum atomic E-state index is -0.985. The van der Waals surface area contributed by atoms with Gasteiger partial charge in [-0.1, -0.05) is 0 Å². The monoisotopic (exact) mass is 277 g/mol. The van der Waals surface area contributed by atoms with Crippen LogP contribution in [0.4, 0.5) is 0 Å². The normalized spacial score (nSPS) is 10.2. The van der Waals surface area contributed by atoms with E-state index in [0.717, 1.165) is 11.3 Å². The molecule has 0 fully saturated rings. The highest BCUT2D eigenvalue weighted by atomic mass is 32.1. The standard InChI is InChI=1S/C13H11NO4S/c1-18-9-3-2-7(12(14)15)6-8(9)10-4-5-11(19-10)13(16)17/h2-6H,1H3,(H2,14,15)(H,16,17). The van der Waals surface area contributed by atoms with Crippen molar-refractivity contribution in [2.75, 3.05) is 7.11 Å². The summed E-state index contributed by atoms with van der Waals surface area (Å²) in [5.41, 5.74) is 6.23. The van der Waals surface area contributed by atoms with E-state index >= 15 is 0 Å². The molecule has 0 unspecified atom stereocenters. The Morgan fingerprint density at radius 2 is 2.00 bits per heavy atom. The Kier molecular flexibility index (Phi) is 3.52. The zero-order chi connectivity index (χ0) is 14.0. The fraction of sp³-hybridized carbons (Fsp3) is 0.0769. The summed E-state index contributed by atoms with van der Waals surface area (Å²) in [7, 11) is 1.51. The van der Waals surface area contributed by atoms with Gasteiger partial charge in [-0.25, -0.2) is 4.79 Å². The van der Waals surface area contributed by atoms with Crippen LogP contribution in [0.15, 0.2) is 30.3 Å². The largest absolute Gasteiger partial charge is 0.496 e. The van der Waals surface area contributed by atoms with Crippen molar-refractivity contribution < 1.29 is 19.4 Å². The molecule has 0 saturated heterocycles. The lowest BCUT2D eigenvalue weighted by Crippen LogP contribution is -2.10. The molecule has 6 heteroatoms. The molecule has 0 aliphatic carbocycles. The number of hydrogen-bond acceptors (Lipinski definition) is 4. The fourth-order valence-electron chi connectivity index (χ4n) is 1.65. The van der Waals surface area contributed by atoms with E-state index in [1.54, 1.807) is 24.3 Å². The summed E-state index contributed by atoms with van der Waals surface area (Å²) in [6, 6.07) is 7.99. The summed E-state index contributed by atoms with van der Waals surface area (Å²) < 4.78 is 5.21. The Bertz CT molecular complexity index is 648. The maximum atomic E-state index is 11.2. The number of amides is 1. The number of primary amides is 1. The van der Waals surface area contributed by atoms with Crippen molar-refractivity contribution in [3.8, 4) is 16.2 Å². The number of nitrogens with two attached hydrogens (primary N) is 1. The SMILES string of the molecule is COc1ccc(C(N)=O)cc1-c1ccc(C(=O)O)s1. The molecule has 0 aliphatic heterocycles. The van der Waals surface area contributed by atoms with E-state index in [4.69, 9.17) is 15.6 Å². The molecule has 0 saturated carbocycles. The quantitative estimate of drug-likeness (QED) is 0.896. The van der Waals surface area contributed by atoms with Gasteiger partial charge in [-0.2, -0.15) is 0 Å². The van der Waals surface area contributed by atoms with E-state index in [9.17, 15) is 9.59 Å². The number of carbonyl (C=O) groups is 2. The third kappa shape index (κ3) is 2.58. The molecule has 2 aromatic rings. The van der Waals surface area contributed by atoms with Crippen molar-refractivity contribution in [1.82, 2.24) is 0 Å². The summed E-state index contributed by atoms with van der Waals surface area (Å²) >= 11 is 1.11. The van der Waals surface area contributed by atoms with Gasteiger partial charge in [-0.05, 0) is 30.3 Å². The lowest BCUT2D eigenvalue weighted by molar-refractivity contribution is 0.0702.